The standard InChI is InChI=1S/C15H27N3O2/c1-10(2)17(11(3)4)8-7-16-13-9-14(19)18(15(13)20)12-5-6-12/h10-13,16H,5-9H2,1-4H3. The highest BCUT2D eigenvalue weighted by atomic mass is 16.2. The number of imide groups is 1. The molecule has 2 aliphatic rings. The molecule has 0 aromatic heterocycles. The monoisotopic (exact) mass is 281 g/mol. The fourth-order valence-corrected chi connectivity index (χ4v) is 3.01. The van der Waals surface area contributed by atoms with Crippen LogP contribution in [0.4, 0.5) is 0 Å². The number of nitrogens with zero attached hydrogens (tertiary/aromatic N) is 2. The molecule has 5 nitrogen and oxygen atoms in total. The zero-order chi connectivity index (χ0) is 14.9. The van der Waals surface area contributed by atoms with Gasteiger partial charge in [0.15, 0.2) is 0 Å². The van der Waals surface area contributed by atoms with Gasteiger partial charge in [-0.25, -0.2) is 0 Å². The maximum Gasteiger partial charge on any atom is 0.247 e. The van der Waals surface area contributed by atoms with Gasteiger partial charge in [0.05, 0.1) is 12.5 Å². The van der Waals surface area contributed by atoms with E-state index in [4.69, 9.17) is 0 Å². The number of carbonyl (C=O) groups excluding carboxylic acids is 2. The summed E-state index contributed by atoms with van der Waals surface area (Å²) in [6.45, 7) is 10.4. The van der Waals surface area contributed by atoms with Crippen LogP contribution in [0.1, 0.15) is 47.0 Å². The lowest BCUT2D eigenvalue weighted by atomic mass is 10.2. The fourth-order valence-electron chi connectivity index (χ4n) is 3.01. The second-order valence-electron chi connectivity index (χ2n) is 6.47. The minimum Gasteiger partial charge on any atom is -0.304 e. The van der Waals surface area contributed by atoms with Crippen LogP contribution in [-0.2, 0) is 9.59 Å². The van der Waals surface area contributed by atoms with Crippen molar-refractivity contribution >= 4 is 11.8 Å². The molecule has 5 heteroatoms. The lowest BCUT2D eigenvalue weighted by Crippen LogP contribution is -2.45. The molecule has 1 aliphatic carbocycles. The minimum atomic E-state index is -0.302. The first kappa shape index (κ1) is 15.4. The van der Waals surface area contributed by atoms with Crippen molar-refractivity contribution in [2.75, 3.05) is 13.1 Å². The number of likely N-dealkylation sites (tertiary alicyclic amines) is 1. The van der Waals surface area contributed by atoms with Gasteiger partial charge in [-0.15, -0.1) is 0 Å². The maximum atomic E-state index is 12.2. The zero-order valence-corrected chi connectivity index (χ0v) is 13.1. The summed E-state index contributed by atoms with van der Waals surface area (Å²) in [6.07, 6.45) is 2.30. The van der Waals surface area contributed by atoms with Gasteiger partial charge in [-0.1, -0.05) is 0 Å². The van der Waals surface area contributed by atoms with E-state index >= 15 is 0 Å². The number of hydrogen-bond acceptors (Lipinski definition) is 4. The third-order valence-corrected chi connectivity index (χ3v) is 4.18. The first-order chi connectivity index (χ1) is 9.41. The third kappa shape index (κ3) is 3.38. The Morgan fingerprint density at radius 2 is 1.80 bits per heavy atom. The Morgan fingerprint density at radius 1 is 1.20 bits per heavy atom. The quantitative estimate of drug-likeness (QED) is 0.707. The van der Waals surface area contributed by atoms with Gasteiger partial charge in [0.2, 0.25) is 11.8 Å². The summed E-state index contributed by atoms with van der Waals surface area (Å²) in [6, 6.07) is 0.871. The average molecular weight is 281 g/mol. The molecule has 1 saturated carbocycles. The molecule has 2 amide bonds. The molecule has 114 valence electrons. The molecule has 20 heavy (non-hydrogen) atoms. The van der Waals surface area contributed by atoms with Crippen LogP contribution in [0.15, 0.2) is 0 Å². The molecule has 2 fully saturated rings. The van der Waals surface area contributed by atoms with E-state index in [-0.39, 0.29) is 23.9 Å². The summed E-state index contributed by atoms with van der Waals surface area (Å²) < 4.78 is 0. The van der Waals surface area contributed by atoms with E-state index in [0.29, 0.717) is 18.5 Å². The van der Waals surface area contributed by atoms with Crippen molar-refractivity contribution in [3.8, 4) is 0 Å². The third-order valence-electron chi connectivity index (χ3n) is 4.18. The van der Waals surface area contributed by atoms with E-state index in [1.54, 1.807) is 0 Å². The van der Waals surface area contributed by atoms with E-state index in [1.165, 1.54) is 4.90 Å². The fraction of sp³-hybridized carbons (Fsp3) is 0.867. The Bertz CT molecular complexity index is 369. The summed E-state index contributed by atoms with van der Waals surface area (Å²) in [7, 11) is 0. The van der Waals surface area contributed by atoms with Crippen molar-refractivity contribution in [3.05, 3.63) is 0 Å². The Hall–Kier alpha value is -0.940. The van der Waals surface area contributed by atoms with E-state index < -0.39 is 0 Å². The lowest BCUT2D eigenvalue weighted by molar-refractivity contribution is -0.139. The van der Waals surface area contributed by atoms with Crippen LogP contribution in [-0.4, -0.2) is 58.9 Å². The minimum absolute atomic E-state index is 0.000393. The molecule has 1 atom stereocenters. The van der Waals surface area contributed by atoms with E-state index in [9.17, 15) is 9.59 Å². The highest BCUT2D eigenvalue weighted by molar-refractivity contribution is 6.06. The number of nitrogens with one attached hydrogen (secondary N) is 1. The predicted octanol–water partition coefficient (Wildman–Crippen LogP) is 0.985. The molecule has 1 unspecified atom stereocenters. The Kier molecular flexibility index (Phi) is 4.81. The van der Waals surface area contributed by atoms with Gasteiger partial charge in [-0.05, 0) is 40.5 Å². The predicted molar refractivity (Wildman–Crippen MR) is 78.3 cm³/mol. The van der Waals surface area contributed by atoms with Crippen molar-refractivity contribution in [1.29, 1.82) is 0 Å². The average Bonchev–Trinajstić information content (AvgIpc) is 3.12. The van der Waals surface area contributed by atoms with Gasteiger partial charge in [0.25, 0.3) is 0 Å². The highest BCUT2D eigenvalue weighted by Crippen LogP contribution is 2.31. The Balaban J connectivity index is 1.80. The maximum absolute atomic E-state index is 12.2. The molecule has 0 aromatic carbocycles. The SMILES string of the molecule is CC(C)N(CCNC1CC(=O)N(C2CC2)C1=O)C(C)C. The lowest BCUT2D eigenvalue weighted by Gasteiger charge is -2.30. The Morgan fingerprint density at radius 3 is 2.30 bits per heavy atom. The van der Waals surface area contributed by atoms with Crippen LogP contribution in [0.25, 0.3) is 0 Å². The first-order valence-electron chi connectivity index (χ1n) is 7.76. The molecule has 1 N–H and O–H groups in total. The van der Waals surface area contributed by atoms with Crippen LogP contribution in [0.5, 0.6) is 0 Å². The molecule has 2 rings (SSSR count). The van der Waals surface area contributed by atoms with Gasteiger partial charge >= 0.3 is 0 Å². The molecule has 0 aromatic rings. The molecular weight excluding hydrogens is 254 g/mol. The zero-order valence-electron chi connectivity index (χ0n) is 13.1. The topological polar surface area (TPSA) is 52.7 Å². The summed E-state index contributed by atoms with van der Waals surface area (Å²) in [4.78, 5) is 27.9. The van der Waals surface area contributed by atoms with Crippen molar-refractivity contribution in [2.24, 2.45) is 0 Å². The number of amides is 2. The van der Waals surface area contributed by atoms with Gasteiger partial charge in [-0.2, -0.15) is 0 Å². The van der Waals surface area contributed by atoms with Crippen LogP contribution < -0.4 is 5.32 Å². The van der Waals surface area contributed by atoms with Crippen LogP contribution >= 0.6 is 0 Å². The van der Waals surface area contributed by atoms with Crippen LogP contribution in [0.2, 0.25) is 0 Å². The Labute approximate surface area is 121 Å². The first-order valence-corrected chi connectivity index (χ1v) is 7.76. The number of carbonyl (C=O) groups is 2. The summed E-state index contributed by atoms with van der Waals surface area (Å²) in [5.74, 6) is -0.0160. The second kappa shape index (κ2) is 6.22. The van der Waals surface area contributed by atoms with Gasteiger partial charge in [0, 0.05) is 31.2 Å². The highest BCUT2D eigenvalue weighted by Gasteiger charge is 2.45. The van der Waals surface area contributed by atoms with Gasteiger partial charge < -0.3 is 5.32 Å². The molecular formula is C15H27N3O2. The van der Waals surface area contributed by atoms with Crippen LogP contribution in [0.3, 0.4) is 0 Å². The summed E-state index contributed by atoms with van der Waals surface area (Å²) in [5, 5.41) is 3.26. The molecule has 1 aliphatic heterocycles. The molecule has 0 spiro atoms. The molecule has 1 saturated heterocycles. The van der Waals surface area contributed by atoms with Crippen molar-refractivity contribution in [3.63, 3.8) is 0 Å². The van der Waals surface area contributed by atoms with E-state index in [1.807, 2.05) is 0 Å². The van der Waals surface area contributed by atoms with Gasteiger partial charge in [-0.3, -0.25) is 19.4 Å². The largest absolute Gasteiger partial charge is 0.304 e. The van der Waals surface area contributed by atoms with Crippen LogP contribution in [0, 0.1) is 0 Å². The smallest absolute Gasteiger partial charge is 0.247 e. The normalized spacial score (nSPS) is 23.8. The molecule has 0 radical (unpaired) electrons. The summed E-state index contributed by atoms with van der Waals surface area (Å²) >= 11 is 0. The molecule has 1 heterocycles. The van der Waals surface area contributed by atoms with Crippen molar-refractivity contribution in [1.82, 2.24) is 15.1 Å². The number of rotatable bonds is 7. The number of hydrogen-bond donors (Lipinski definition) is 1. The summed E-state index contributed by atoms with van der Waals surface area (Å²) in [5.41, 5.74) is 0. The van der Waals surface area contributed by atoms with Crippen molar-refractivity contribution in [2.45, 2.75) is 71.1 Å². The van der Waals surface area contributed by atoms with E-state index in [0.717, 1.165) is 25.9 Å². The van der Waals surface area contributed by atoms with Crippen molar-refractivity contribution < 1.29 is 9.59 Å². The van der Waals surface area contributed by atoms with Gasteiger partial charge in [0.1, 0.15) is 0 Å². The second-order valence-corrected chi connectivity index (χ2v) is 6.47. The molecule has 0 bridgehead atoms. The van der Waals surface area contributed by atoms with E-state index in [2.05, 4.69) is 37.9 Å².